The average Bonchev–Trinajstić information content (AvgIpc) is 3.30. The molecule has 5 rings (SSSR count). The van der Waals surface area contributed by atoms with Gasteiger partial charge in [0.15, 0.2) is 0 Å². The number of hydrogen-bond donors (Lipinski definition) is 0. The van der Waals surface area contributed by atoms with Crippen LogP contribution in [0.4, 0.5) is 10.1 Å². The molecule has 1 saturated heterocycles. The Morgan fingerprint density at radius 2 is 1.66 bits per heavy atom. The van der Waals surface area contributed by atoms with Gasteiger partial charge in [0.05, 0.1) is 16.7 Å². The molecule has 1 fully saturated rings. The van der Waals surface area contributed by atoms with Gasteiger partial charge >= 0.3 is 0 Å². The van der Waals surface area contributed by atoms with Crippen molar-refractivity contribution >= 4 is 22.6 Å². The molecule has 2 heterocycles. The van der Waals surface area contributed by atoms with Crippen molar-refractivity contribution < 1.29 is 9.18 Å². The van der Waals surface area contributed by atoms with Crippen LogP contribution < -0.4 is 4.90 Å². The molecular weight excluding hydrogens is 365 g/mol. The van der Waals surface area contributed by atoms with E-state index in [4.69, 9.17) is 4.98 Å². The van der Waals surface area contributed by atoms with Gasteiger partial charge in [0, 0.05) is 25.4 Å². The number of fused-ring (bicyclic) bond motifs is 1. The minimum Gasteiger partial charge on any atom is -0.323 e. The molecule has 0 unspecified atom stereocenters. The van der Waals surface area contributed by atoms with E-state index in [-0.39, 0.29) is 17.6 Å². The summed E-state index contributed by atoms with van der Waals surface area (Å²) in [6.07, 6.45) is 0.326. The van der Waals surface area contributed by atoms with Gasteiger partial charge in [-0.1, -0.05) is 54.6 Å². The minimum atomic E-state index is -0.376. The van der Waals surface area contributed by atoms with Gasteiger partial charge in [-0.25, -0.2) is 9.37 Å². The molecule has 1 aliphatic rings. The number of carbonyl (C=O) groups excluding carboxylic acids is 1. The molecule has 1 aliphatic heterocycles. The van der Waals surface area contributed by atoms with Crippen LogP contribution in [-0.4, -0.2) is 22.0 Å². The fourth-order valence-corrected chi connectivity index (χ4v) is 4.12. The number of amides is 1. The van der Waals surface area contributed by atoms with Gasteiger partial charge in [-0.3, -0.25) is 4.79 Å². The molecule has 0 aliphatic carbocycles. The first-order valence-corrected chi connectivity index (χ1v) is 9.74. The predicted molar refractivity (Wildman–Crippen MR) is 111 cm³/mol. The van der Waals surface area contributed by atoms with E-state index in [1.165, 1.54) is 11.6 Å². The van der Waals surface area contributed by atoms with Crippen LogP contribution in [0.5, 0.6) is 0 Å². The van der Waals surface area contributed by atoms with Crippen molar-refractivity contribution in [3.63, 3.8) is 0 Å². The number of nitrogens with zero attached hydrogens (tertiary/aromatic N) is 3. The Bertz CT molecular complexity index is 1190. The number of imidazole rings is 1. The Morgan fingerprint density at radius 3 is 2.48 bits per heavy atom. The van der Waals surface area contributed by atoms with Crippen LogP contribution in [0.2, 0.25) is 0 Å². The van der Waals surface area contributed by atoms with Crippen LogP contribution in [0.25, 0.3) is 11.0 Å². The third-order valence-corrected chi connectivity index (χ3v) is 5.50. The maximum absolute atomic E-state index is 14.3. The molecule has 0 saturated carbocycles. The van der Waals surface area contributed by atoms with Crippen molar-refractivity contribution in [2.75, 3.05) is 11.4 Å². The average molecular weight is 385 g/mol. The monoisotopic (exact) mass is 385 g/mol. The Hall–Kier alpha value is -3.47. The van der Waals surface area contributed by atoms with Crippen molar-refractivity contribution in [2.24, 2.45) is 0 Å². The summed E-state index contributed by atoms with van der Waals surface area (Å²) in [5.74, 6) is 0.346. The fraction of sp³-hybridized carbons (Fsp3) is 0.167. The number of rotatable bonds is 4. The molecule has 5 heteroatoms. The number of anilines is 1. The van der Waals surface area contributed by atoms with Gasteiger partial charge in [-0.05, 0) is 29.8 Å². The third kappa shape index (κ3) is 3.18. The van der Waals surface area contributed by atoms with E-state index in [1.807, 2.05) is 36.4 Å². The second-order valence-electron chi connectivity index (χ2n) is 7.39. The number of benzene rings is 3. The number of para-hydroxylation sites is 3. The highest BCUT2D eigenvalue weighted by molar-refractivity contribution is 5.96. The first-order valence-electron chi connectivity index (χ1n) is 9.74. The molecule has 1 amide bonds. The lowest BCUT2D eigenvalue weighted by Gasteiger charge is -2.18. The van der Waals surface area contributed by atoms with Crippen LogP contribution in [0, 0.1) is 5.82 Å². The zero-order chi connectivity index (χ0) is 19.8. The summed E-state index contributed by atoms with van der Waals surface area (Å²) in [6, 6.07) is 24.7. The fourth-order valence-electron chi connectivity index (χ4n) is 4.12. The third-order valence-electron chi connectivity index (χ3n) is 5.50. The summed E-state index contributed by atoms with van der Waals surface area (Å²) in [5.41, 5.74) is 3.47. The Labute approximate surface area is 168 Å². The molecule has 0 radical (unpaired) electrons. The highest BCUT2D eigenvalue weighted by Gasteiger charge is 2.35. The van der Waals surface area contributed by atoms with Crippen LogP contribution in [0.1, 0.15) is 23.7 Å². The zero-order valence-electron chi connectivity index (χ0n) is 15.8. The number of halogens is 1. The van der Waals surface area contributed by atoms with Gasteiger partial charge in [-0.15, -0.1) is 0 Å². The van der Waals surface area contributed by atoms with Gasteiger partial charge < -0.3 is 9.47 Å². The molecule has 4 aromatic rings. The molecule has 29 heavy (non-hydrogen) atoms. The topological polar surface area (TPSA) is 38.1 Å². The first kappa shape index (κ1) is 17.6. The molecule has 1 atom stereocenters. The molecular formula is C24H20FN3O. The summed E-state index contributed by atoms with van der Waals surface area (Å²) in [6.45, 7) is 1.11. The maximum atomic E-state index is 14.3. The predicted octanol–water partition coefficient (Wildman–Crippen LogP) is 4.74. The van der Waals surface area contributed by atoms with E-state index in [0.29, 0.717) is 25.2 Å². The number of hydrogen-bond acceptors (Lipinski definition) is 2. The van der Waals surface area contributed by atoms with E-state index >= 15 is 0 Å². The van der Waals surface area contributed by atoms with Crippen LogP contribution >= 0.6 is 0 Å². The van der Waals surface area contributed by atoms with E-state index in [0.717, 1.165) is 16.9 Å². The standard InChI is InChI=1S/C24H20FN3O/c25-19-10-4-6-12-21(19)27-16-18(14-23(27)29)24-26-20-11-5-7-13-22(20)28(24)15-17-8-2-1-3-9-17/h1-13,18H,14-16H2/t18-/m0/s1. The molecule has 0 bridgehead atoms. The second-order valence-corrected chi connectivity index (χ2v) is 7.39. The lowest BCUT2D eigenvalue weighted by atomic mass is 10.1. The van der Waals surface area contributed by atoms with E-state index < -0.39 is 0 Å². The van der Waals surface area contributed by atoms with Gasteiger partial charge in [-0.2, -0.15) is 0 Å². The molecule has 144 valence electrons. The van der Waals surface area contributed by atoms with E-state index in [1.54, 1.807) is 23.1 Å². The van der Waals surface area contributed by atoms with Crippen molar-refractivity contribution in [1.82, 2.24) is 9.55 Å². The van der Waals surface area contributed by atoms with Crippen LogP contribution in [-0.2, 0) is 11.3 Å². The molecule has 3 aromatic carbocycles. The largest absolute Gasteiger partial charge is 0.323 e. The summed E-state index contributed by atoms with van der Waals surface area (Å²) in [4.78, 5) is 19.1. The molecule has 0 N–H and O–H groups in total. The normalized spacial score (nSPS) is 16.7. The lowest BCUT2D eigenvalue weighted by Crippen LogP contribution is -2.25. The summed E-state index contributed by atoms with van der Waals surface area (Å²) < 4.78 is 16.5. The van der Waals surface area contributed by atoms with Gasteiger partial charge in [0.1, 0.15) is 11.6 Å². The van der Waals surface area contributed by atoms with Crippen molar-refractivity contribution in [1.29, 1.82) is 0 Å². The Morgan fingerprint density at radius 1 is 0.931 bits per heavy atom. The highest BCUT2D eigenvalue weighted by Crippen LogP contribution is 2.34. The molecule has 1 aromatic heterocycles. The Balaban J connectivity index is 1.54. The maximum Gasteiger partial charge on any atom is 0.227 e. The summed E-state index contributed by atoms with van der Waals surface area (Å²) in [5, 5.41) is 0. The van der Waals surface area contributed by atoms with Crippen molar-refractivity contribution in [3.8, 4) is 0 Å². The van der Waals surface area contributed by atoms with Gasteiger partial charge in [0.25, 0.3) is 0 Å². The molecule has 4 nitrogen and oxygen atoms in total. The lowest BCUT2D eigenvalue weighted by molar-refractivity contribution is -0.117. The SMILES string of the molecule is O=C1C[C@H](c2nc3ccccc3n2Cc2ccccc2)CN1c1ccccc1F. The van der Waals surface area contributed by atoms with Crippen molar-refractivity contribution in [3.05, 3.63) is 96.1 Å². The molecule has 0 spiro atoms. The number of carbonyl (C=O) groups is 1. The quantitative estimate of drug-likeness (QED) is 0.509. The summed E-state index contributed by atoms with van der Waals surface area (Å²) >= 11 is 0. The summed E-state index contributed by atoms with van der Waals surface area (Å²) in [7, 11) is 0. The smallest absolute Gasteiger partial charge is 0.227 e. The van der Waals surface area contributed by atoms with Crippen molar-refractivity contribution in [2.45, 2.75) is 18.9 Å². The highest BCUT2D eigenvalue weighted by atomic mass is 19.1. The van der Waals surface area contributed by atoms with E-state index in [2.05, 4.69) is 22.8 Å². The van der Waals surface area contributed by atoms with Crippen LogP contribution in [0.3, 0.4) is 0 Å². The minimum absolute atomic E-state index is 0.0709. The zero-order valence-corrected chi connectivity index (χ0v) is 15.8. The first-order chi connectivity index (χ1) is 14.2. The Kier molecular flexibility index (Phi) is 4.35. The second kappa shape index (κ2) is 7.17. The number of aromatic nitrogens is 2. The van der Waals surface area contributed by atoms with Crippen LogP contribution in [0.15, 0.2) is 78.9 Å². The van der Waals surface area contributed by atoms with E-state index in [9.17, 15) is 9.18 Å². The van der Waals surface area contributed by atoms with Gasteiger partial charge in [0.2, 0.25) is 5.91 Å².